The Hall–Kier alpha value is -1.46. The molecule has 0 fully saturated rings. The average molecular weight is 226 g/mol. The molecule has 0 radical (unpaired) electrons. The lowest BCUT2D eigenvalue weighted by molar-refractivity contribution is -0.139. The van der Waals surface area contributed by atoms with Gasteiger partial charge in [0.1, 0.15) is 11.9 Å². The van der Waals surface area contributed by atoms with Gasteiger partial charge in [-0.2, -0.15) is 0 Å². The van der Waals surface area contributed by atoms with E-state index in [2.05, 4.69) is 10.6 Å². The van der Waals surface area contributed by atoms with Gasteiger partial charge in [-0.1, -0.05) is 12.1 Å². The van der Waals surface area contributed by atoms with Crippen LogP contribution in [0.5, 0.6) is 0 Å². The lowest BCUT2D eigenvalue weighted by Crippen LogP contribution is -2.42. The van der Waals surface area contributed by atoms with Gasteiger partial charge in [0, 0.05) is 13.1 Å². The molecule has 0 aliphatic carbocycles. The van der Waals surface area contributed by atoms with Crippen LogP contribution >= 0.6 is 0 Å². The summed E-state index contributed by atoms with van der Waals surface area (Å²) in [6, 6.07) is 5.57. The molecule has 1 aromatic rings. The maximum absolute atomic E-state index is 12.8. The lowest BCUT2D eigenvalue weighted by atomic mass is 10.2. The number of carbonyl (C=O) groups is 1. The first-order valence-corrected chi connectivity index (χ1v) is 4.98. The van der Waals surface area contributed by atoms with Crippen molar-refractivity contribution in [3.05, 3.63) is 35.6 Å². The quantitative estimate of drug-likeness (QED) is 0.664. The zero-order valence-corrected chi connectivity index (χ0v) is 9.03. The van der Waals surface area contributed by atoms with Crippen molar-refractivity contribution in [2.45, 2.75) is 12.6 Å². The molecule has 5 heteroatoms. The second-order valence-electron chi connectivity index (χ2n) is 3.44. The van der Waals surface area contributed by atoms with Gasteiger partial charge >= 0.3 is 5.97 Å². The van der Waals surface area contributed by atoms with Crippen molar-refractivity contribution in [2.24, 2.45) is 0 Å². The Labute approximate surface area is 93.5 Å². The van der Waals surface area contributed by atoms with Crippen LogP contribution in [0.1, 0.15) is 5.56 Å². The largest absolute Gasteiger partial charge is 0.480 e. The van der Waals surface area contributed by atoms with Crippen LogP contribution in [0.25, 0.3) is 0 Å². The number of hydrogen-bond acceptors (Lipinski definition) is 3. The molecule has 0 bridgehead atoms. The Kier molecular flexibility index (Phi) is 4.88. The number of carboxylic acid groups (broad SMARTS) is 1. The van der Waals surface area contributed by atoms with Crippen molar-refractivity contribution in [2.75, 3.05) is 13.6 Å². The number of carboxylic acids is 1. The molecule has 0 heterocycles. The minimum Gasteiger partial charge on any atom is -0.480 e. The van der Waals surface area contributed by atoms with Gasteiger partial charge in [0.15, 0.2) is 0 Å². The minimum absolute atomic E-state index is 0.289. The van der Waals surface area contributed by atoms with Crippen LogP contribution in [0.3, 0.4) is 0 Å². The lowest BCUT2D eigenvalue weighted by Gasteiger charge is -2.12. The average Bonchev–Trinajstić information content (AvgIpc) is 2.24. The van der Waals surface area contributed by atoms with Gasteiger partial charge in [-0.3, -0.25) is 4.79 Å². The number of hydrogen-bond donors (Lipinski definition) is 3. The molecule has 0 aliphatic heterocycles. The molecule has 1 aromatic carbocycles. The highest BCUT2D eigenvalue weighted by Gasteiger charge is 2.13. The number of likely N-dealkylation sites (N-methyl/N-ethyl adjacent to an activating group) is 1. The van der Waals surface area contributed by atoms with Gasteiger partial charge in [0.05, 0.1) is 0 Å². The first-order valence-electron chi connectivity index (χ1n) is 4.98. The van der Waals surface area contributed by atoms with Crippen molar-refractivity contribution in [1.29, 1.82) is 0 Å². The van der Waals surface area contributed by atoms with E-state index < -0.39 is 12.0 Å². The summed E-state index contributed by atoms with van der Waals surface area (Å²) in [7, 11) is 1.59. The molecule has 16 heavy (non-hydrogen) atoms. The normalized spacial score (nSPS) is 12.4. The standard InChI is InChI=1S/C11H15FN2O2/c1-13-10(11(15)16)7-14-6-8-3-2-4-9(12)5-8/h2-5,10,13-14H,6-7H2,1H3,(H,15,16). The summed E-state index contributed by atoms with van der Waals surface area (Å²) in [6.45, 7) is 0.742. The van der Waals surface area contributed by atoms with Crippen molar-refractivity contribution in [1.82, 2.24) is 10.6 Å². The number of rotatable bonds is 6. The fourth-order valence-corrected chi connectivity index (χ4v) is 1.32. The molecule has 3 N–H and O–H groups in total. The molecule has 88 valence electrons. The van der Waals surface area contributed by atoms with Crippen LogP contribution in [0, 0.1) is 5.82 Å². The molecule has 1 atom stereocenters. The van der Waals surface area contributed by atoms with Crippen LogP contribution < -0.4 is 10.6 Å². The van der Waals surface area contributed by atoms with E-state index in [0.717, 1.165) is 5.56 Å². The fourth-order valence-electron chi connectivity index (χ4n) is 1.32. The van der Waals surface area contributed by atoms with Gasteiger partial charge in [0.25, 0.3) is 0 Å². The van der Waals surface area contributed by atoms with E-state index in [4.69, 9.17) is 5.11 Å². The summed E-state index contributed by atoms with van der Waals surface area (Å²) in [5.41, 5.74) is 0.792. The van der Waals surface area contributed by atoms with Crippen molar-refractivity contribution >= 4 is 5.97 Å². The molecule has 0 amide bonds. The van der Waals surface area contributed by atoms with E-state index in [1.807, 2.05) is 0 Å². The third-order valence-electron chi connectivity index (χ3n) is 2.21. The second kappa shape index (κ2) is 6.19. The summed E-state index contributed by atoms with van der Waals surface area (Å²) < 4.78 is 12.8. The van der Waals surface area contributed by atoms with Gasteiger partial charge in [-0.15, -0.1) is 0 Å². The SMILES string of the molecule is CNC(CNCc1cccc(F)c1)C(=O)O. The molecule has 1 unspecified atom stereocenters. The maximum Gasteiger partial charge on any atom is 0.322 e. The summed E-state index contributed by atoms with van der Waals surface area (Å²) in [5, 5.41) is 14.4. The van der Waals surface area contributed by atoms with E-state index in [1.54, 1.807) is 19.2 Å². The Morgan fingerprint density at radius 1 is 1.56 bits per heavy atom. The third-order valence-corrected chi connectivity index (χ3v) is 2.21. The summed E-state index contributed by atoms with van der Waals surface area (Å²) >= 11 is 0. The van der Waals surface area contributed by atoms with Crippen LogP contribution in [-0.4, -0.2) is 30.7 Å². The van der Waals surface area contributed by atoms with E-state index in [9.17, 15) is 9.18 Å². The summed E-state index contributed by atoms with van der Waals surface area (Å²) in [4.78, 5) is 10.7. The Morgan fingerprint density at radius 2 is 2.31 bits per heavy atom. The maximum atomic E-state index is 12.8. The van der Waals surface area contributed by atoms with Crippen LogP contribution in [-0.2, 0) is 11.3 Å². The van der Waals surface area contributed by atoms with E-state index in [-0.39, 0.29) is 5.82 Å². The van der Waals surface area contributed by atoms with E-state index in [0.29, 0.717) is 13.1 Å². The summed E-state index contributed by atoms with van der Waals surface area (Å²) in [5.74, 6) is -1.20. The molecule has 1 rings (SSSR count). The predicted molar refractivity (Wildman–Crippen MR) is 58.6 cm³/mol. The molecule has 0 aliphatic rings. The predicted octanol–water partition coefficient (Wildman–Crippen LogP) is 0.588. The number of aliphatic carboxylic acids is 1. The number of halogens is 1. The third kappa shape index (κ3) is 3.96. The van der Waals surface area contributed by atoms with Gasteiger partial charge < -0.3 is 15.7 Å². The zero-order chi connectivity index (χ0) is 12.0. The zero-order valence-electron chi connectivity index (χ0n) is 9.03. The van der Waals surface area contributed by atoms with Gasteiger partial charge in [-0.05, 0) is 24.7 Å². The molecule has 4 nitrogen and oxygen atoms in total. The van der Waals surface area contributed by atoms with Crippen molar-refractivity contribution in [3.63, 3.8) is 0 Å². The van der Waals surface area contributed by atoms with Gasteiger partial charge in [0.2, 0.25) is 0 Å². The highest BCUT2D eigenvalue weighted by atomic mass is 19.1. The molecule has 0 aromatic heterocycles. The molecule has 0 saturated heterocycles. The summed E-state index contributed by atoms with van der Waals surface area (Å²) in [6.07, 6.45) is 0. The Bertz CT molecular complexity index is 358. The van der Waals surface area contributed by atoms with Crippen molar-refractivity contribution in [3.8, 4) is 0 Å². The number of benzene rings is 1. The highest BCUT2D eigenvalue weighted by Crippen LogP contribution is 2.02. The minimum atomic E-state index is -0.908. The molecule has 0 spiro atoms. The van der Waals surface area contributed by atoms with E-state index in [1.165, 1.54) is 12.1 Å². The van der Waals surface area contributed by atoms with Crippen molar-refractivity contribution < 1.29 is 14.3 Å². The monoisotopic (exact) mass is 226 g/mol. The van der Waals surface area contributed by atoms with Crippen LogP contribution in [0.15, 0.2) is 24.3 Å². The first-order chi connectivity index (χ1) is 7.63. The topological polar surface area (TPSA) is 61.4 Å². The van der Waals surface area contributed by atoms with Crippen LogP contribution in [0.2, 0.25) is 0 Å². The second-order valence-corrected chi connectivity index (χ2v) is 3.44. The molecular formula is C11H15FN2O2. The van der Waals surface area contributed by atoms with E-state index >= 15 is 0 Å². The fraction of sp³-hybridized carbons (Fsp3) is 0.364. The van der Waals surface area contributed by atoms with Gasteiger partial charge in [-0.25, -0.2) is 4.39 Å². The Balaban J connectivity index is 2.38. The van der Waals surface area contributed by atoms with Crippen LogP contribution in [0.4, 0.5) is 4.39 Å². The Morgan fingerprint density at radius 3 is 2.88 bits per heavy atom. The first kappa shape index (κ1) is 12.6. The molecule has 0 saturated carbocycles. The highest BCUT2D eigenvalue weighted by molar-refractivity contribution is 5.73. The number of nitrogens with one attached hydrogen (secondary N) is 2. The molecular weight excluding hydrogens is 211 g/mol. The smallest absolute Gasteiger partial charge is 0.322 e.